The van der Waals surface area contributed by atoms with Gasteiger partial charge in [-0.2, -0.15) is 0 Å². The van der Waals surface area contributed by atoms with E-state index in [0.29, 0.717) is 21.6 Å². The van der Waals surface area contributed by atoms with Crippen LogP contribution >= 0.6 is 34.5 Å². The van der Waals surface area contributed by atoms with E-state index in [2.05, 4.69) is 17.2 Å². The number of rotatable bonds is 9. The van der Waals surface area contributed by atoms with Crippen LogP contribution in [0, 0.1) is 0 Å². The fraction of sp³-hybridized carbons (Fsp3) is 0.444. The smallest absolute Gasteiger partial charge is 0.226 e. The second kappa shape index (κ2) is 10.0. The first-order chi connectivity index (χ1) is 11.6. The van der Waals surface area contributed by atoms with E-state index < -0.39 is 0 Å². The number of hydrogen-bond donors (Lipinski definition) is 1. The van der Waals surface area contributed by atoms with Crippen molar-refractivity contribution in [2.45, 2.75) is 51.9 Å². The van der Waals surface area contributed by atoms with Crippen molar-refractivity contribution in [1.29, 1.82) is 0 Å². The van der Waals surface area contributed by atoms with Crippen LogP contribution < -0.4 is 5.32 Å². The number of carbonyl (C=O) groups is 1. The fourth-order valence-corrected chi connectivity index (χ4v) is 3.63. The molecule has 3 nitrogen and oxygen atoms in total. The average molecular weight is 385 g/mol. The number of amides is 1. The third-order valence-corrected chi connectivity index (χ3v) is 5.02. The van der Waals surface area contributed by atoms with Crippen LogP contribution in [0.3, 0.4) is 0 Å². The summed E-state index contributed by atoms with van der Waals surface area (Å²) in [5.41, 5.74) is 1.56. The number of nitrogens with one attached hydrogen (secondary N) is 1. The van der Waals surface area contributed by atoms with Gasteiger partial charge in [-0.15, -0.1) is 11.3 Å². The molecule has 0 saturated carbocycles. The highest BCUT2D eigenvalue weighted by atomic mass is 35.5. The molecule has 0 radical (unpaired) electrons. The minimum absolute atomic E-state index is 0.0218. The number of aromatic nitrogens is 1. The molecular formula is C18H22Cl2N2OS. The van der Waals surface area contributed by atoms with Crippen molar-refractivity contribution in [1.82, 2.24) is 4.98 Å². The van der Waals surface area contributed by atoms with E-state index in [1.165, 1.54) is 37.0 Å². The Labute approximate surface area is 157 Å². The van der Waals surface area contributed by atoms with Crippen LogP contribution in [0.2, 0.25) is 10.0 Å². The number of halogens is 2. The summed E-state index contributed by atoms with van der Waals surface area (Å²) >= 11 is 13.5. The molecule has 1 N–H and O–H groups in total. The van der Waals surface area contributed by atoms with Gasteiger partial charge in [-0.1, -0.05) is 62.2 Å². The highest BCUT2D eigenvalue weighted by molar-refractivity contribution is 7.14. The molecular weight excluding hydrogens is 363 g/mol. The van der Waals surface area contributed by atoms with Crippen molar-refractivity contribution in [3.63, 3.8) is 0 Å². The lowest BCUT2D eigenvalue weighted by molar-refractivity contribution is -0.116. The summed E-state index contributed by atoms with van der Waals surface area (Å²) in [4.78, 5) is 16.4. The van der Waals surface area contributed by atoms with E-state index in [9.17, 15) is 4.79 Å². The lowest BCUT2D eigenvalue weighted by atomic mass is 10.1. The van der Waals surface area contributed by atoms with E-state index in [0.717, 1.165) is 24.1 Å². The Morgan fingerprint density at radius 1 is 1.17 bits per heavy atom. The predicted molar refractivity (Wildman–Crippen MR) is 104 cm³/mol. The first-order valence-corrected chi connectivity index (χ1v) is 9.94. The third-order valence-electron chi connectivity index (χ3n) is 3.72. The average Bonchev–Trinajstić information content (AvgIpc) is 2.99. The van der Waals surface area contributed by atoms with Gasteiger partial charge in [0.25, 0.3) is 0 Å². The highest BCUT2D eigenvalue weighted by Gasteiger charge is 2.10. The summed E-state index contributed by atoms with van der Waals surface area (Å²) in [7, 11) is 0. The van der Waals surface area contributed by atoms with Gasteiger partial charge in [-0.25, -0.2) is 4.98 Å². The van der Waals surface area contributed by atoms with Gasteiger partial charge in [-0.05, 0) is 24.6 Å². The van der Waals surface area contributed by atoms with E-state index in [-0.39, 0.29) is 5.91 Å². The van der Waals surface area contributed by atoms with Crippen LogP contribution in [0.5, 0.6) is 0 Å². The number of anilines is 1. The summed E-state index contributed by atoms with van der Waals surface area (Å²) in [6, 6.07) is 5.30. The maximum Gasteiger partial charge on any atom is 0.226 e. The molecule has 1 heterocycles. The molecule has 2 aromatic rings. The molecule has 0 fully saturated rings. The maximum absolute atomic E-state index is 12.0. The number of hydrogen-bond acceptors (Lipinski definition) is 3. The topological polar surface area (TPSA) is 42.0 Å². The summed E-state index contributed by atoms with van der Waals surface area (Å²) in [6.07, 6.45) is 7.57. The molecule has 24 heavy (non-hydrogen) atoms. The summed E-state index contributed by atoms with van der Waals surface area (Å²) in [5, 5.41) is 6.50. The highest BCUT2D eigenvalue weighted by Crippen LogP contribution is 2.32. The maximum atomic E-state index is 12.0. The minimum atomic E-state index is 0.0218. The van der Waals surface area contributed by atoms with Gasteiger partial charge in [0, 0.05) is 22.4 Å². The van der Waals surface area contributed by atoms with Crippen molar-refractivity contribution < 1.29 is 4.79 Å². The Balaban J connectivity index is 1.82. The van der Waals surface area contributed by atoms with Crippen LogP contribution in [0.15, 0.2) is 23.6 Å². The Hall–Kier alpha value is -1.10. The van der Waals surface area contributed by atoms with Crippen molar-refractivity contribution in [3.8, 4) is 11.3 Å². The molecule has 0 spiro atoms. The standard InChI is InChI=1S/C18H22Cl2N2OS/c1-2-3-4-5-6-7-8-17(23)22-18-21-16(12-24-18)14-10-9-13(19)11-15(14)20/h9-12H,2-8H2,1H3,(H,21,22,23). The molecule has 6 heteroatoms. The van der Waals surface area contributed by atoms with Gasteiger partial charge >= 0.3 is 0 Å². The Morgan fingerprint density at radius 3 is 2.67 bits per heavy atom. The lowest BCUT2D eigenvalue weighted by Crippen LogP contribution is -2.10. The molecule has 0 saturated heterocycles. The van der Waals surface area contributed by atoms with Gasteiger partial charge < -0.3 is 5.32 Å². The molecule has 1 aromatic carbocycles. The largest absolute Gasteiger partial charge is 0.302 e. The van der Waals surface area contributed by atoms with Crippen LogP contribution in [-0.2, 0) is 4.79 Å². The number of carbonyl (C=O) groups excluding carboxylic acids is 1. The predicted octanol–water partition coefficient (Wildman–Crippen LogP) is 6.81. The van der Waals surface area contributed by atoms with Gasteiger partial charge in [0.1, 0.15) is 0 Å². The van der Waals surface area contributed by atoms with Gasteiger partial charge in [-0.3, -0.25) is 4.79 Å². The third kappa shape index (κ3) is 6.08. The summed E-state index contributed by atoms with van der Waals surface area (Å²) in [6.45, 7) is 2.20. The van der Waals surface area contributed by atoms with Crippen LogP contribution in [0.4, 0.5) is 5.13 Å². The van der Waals surface area contributed by atoms with E-state index in [1.54, 1.807) is 12.1 Å². The van der Waals surface area contributed by atoms with Crippen molar-refractivity contribution in [2.75, 3.05) is 5.32 Å². The molecule has 1 aromatic heterocycles. The zero-order chi connectivity index (χ0) is 17.4. The quantitative estimate of drug-likeness (QED) is 0.482. The molecule has 0 aliphatic rings. The zero-order valence-electron chi connectivity index (χ0n) is 13.8. The van der Waals surface area contributed by atoms with Gasteiger partial charge in [0.05, 0.1) is 10.7 Å². The Bertz CT molecular complexity index is 673. The fourth-order valence-electron chi connectivity index (χ4n) is 2.40. The Kier molecular flexibility index (Phi) is 8.03. The van der Waals surface area contributed by atoms with E-state index >= 15 is 0 Å². The first-order valence-electron chi connectivity index (χ1n) is 8.31. The minimum Gasteiger partial charge on any atom is -0.302 e. The first kappa shape index (κ1) is 19.2. The molecule has 2 rings (SSSR count). The van der Waals surface area contributed by atoms with Crippen LogP contribution in [0.25, 0.3) is 11.3 Å². The van der Waals surface area contributed by atoms with E-state index in [4.69, 9.17) is 23.2 Å². The van der Waals surface area contributed by atoms with Gasteiger partial charge in [0.15, 0.2) is 5.13 Å². The normalized spacial score (nSPS) is 10.8. The van der Waals surface area contributed by atoms with E-state index in [1.807, 2.05) is 11.4 Å². The summed E-state index contributed by atoms with van der Waals surface area (Å²) in [5.74, 6) is 0.0218. The molecule has 0 unspecified atom stereocenters. The summed E-state index contributed by atoms with van der Waals surface area (Å²) < 4.78 is 0. The van der Waals surface area contributed by atoms with Crippen molar-refractivity contribution >= 4 is 45.6 Å². The molecule has 0 atom stereocenters. The SMILES string of the molecule is CCCCCCCCC(=O)Nc1nc(-c2ccc(Cl)cc2Cl)cs1. The molecule has 0 bridgehead atoms. The molecule has 1 amide bonds. The number of thiazole rings is 1. The second-order valence-corrected chi connectivity index (χ2v) is 7.43. The van der Waals surface area contributed by atoms with Crippen LogP contribution in [-0.4, -0.2) is 10.9 Å². The molecule has 0 aliphatic carbocycles. The Morgan fingerprint density at radius 2 is 1.92 bits per heavy atom. The van der Waals surface area contributed by atoms with Crippen molar-refractivity contribution in [3.05, 3.63) is 33.6 Å². The van der Waals surface area contributed by atoms with Crippen LogP contribution in [0.1, 0.15) is 51.9 Å². The number of nitrogens with zero attached hydrogens (tertiary/aromatic N) is 1. The number of unbranched alkanes of at least 4 members (excludes halogenated alkanes) is 5. The van der Waals surface area contributed by atoms with Crippen molar-refractivity contribution in [2.24, 2.45) is 0 Å². The zero-order valence-corrected chi connectivity index (χ0v) is 16.1. The second-order valence-electron chi connectivity index (χ2n) is 5.73. The number of benzene rings is 1. The monoisotopic (exact) mass is 384 g/mol. The van der Waals surface area contributed by atoms with Gasteiger partial charge in [0.2, 0.25) is 5.91 Å². The molecule has 130 valence electrons. The lowest BCUT2D eigenvalue weighted by Gasteiger charge is -2.03. The molecule has 0 aliphatic heterocycles.